The number of carbonyl (C=O) groups is 1. The summed E-state index contributed by atoms with van der Waals surface area (Å²) in [6.45, 7) is 6.34. The van der Waals surface area contributed by atoms with Gasteiger partial charge in [0.1, 0.15) is 5.82 Å². The van der Waals surface area contributed by atoms with E-state index in [9.17, 15) is 9.18 Å². The second-order valence-electron chi connectivity index (χ2n) is 7.63. The monoisotopic (exact) mass is 362 g/mol. The Balaban J connectivity index is 1.46. The summed E-state index contributed by atoms with van der Waals surface area (Å²) < 4.78 is 13.1. The number of hydrogen-bond donors (Lipinski definition) is 0. The van der Waals surface area contributed by atoms with Gasteiger partial charge in [-0.2, -0.15) is 0 Å². The first-order valence-corrected chi connectivity index (χ1v) is 9.70. The first-order valence-electron chi connectivity index (χ1n) is 9.70. The van der Waals surface area contributed by atoms with E-state index in [4.69, 9.17) is 0 Å². The number of carbonyl (C=O) groups excluding carboxylic acids is 1. The Morgan fingerprint density at radius 3 is 2.62 bits per heavy atom. The van der Waals surface area contributed by atoms with Gasteiger partial charge in [-0.3, -0.25) is 4.79 Å². The molecule has 0 saturated carbocycles. The fourth-order valence-corrected chi connectivity index (χ4v) is 3.96. The van der Waals surface area contributed by atoms with Gasteiger partial charge in [0.25, 0.3) is 0 Å². The largest absolute Gasteiger partial charge is 0.370 e. The first kappa shape index (κ1) is 19.1. The summed E-state index contributed by atoms with van der Waals surface area (Å²) in [5.74, 6) is 0.0436. The van der Waals surface area contributed by atoms with E-state index < -0.39 is 0 Å². The molecule has 144 valence electrons. The summed E-state index contributed by atoms with van der Waals surface area (Å²) in [5, 5.41) is 0. The minimum Gasteiger partial charge on any atom is -0.370 e. The Hall–Kier alpha value is -1.66. The highest BCUT2D eigenvalue weighted by molar-refractivity contribution is 5.76. The molecule has 0 aromatic heterocycles. The minimum absolute atomic E-state index is 0.210. The minimum atomic E-state index is -0.210. The van der Waals surface area contributed by atoms with Gasteiger partial charge in [-0.1, -0.05) is 0 Å². The van der Waals surface area contributed by atoms with Crippen LogP contribution in [0.3, 0.4) is 0 Å². The van der Waals surface area contributed by atoms with E-state index >= 15 is 0 Å². The van der Waals surface area contributed by atoms with Crippen molar-refractivity contribution < 1.29 is 9.18 Å². The van der Waals surface area contributed by atoms with Crippen LogP contribution >= 0.6 is 0 Å². The van der Waals surface area contributed by atoms with Gasteiger partial charge in [-0.05, 0) is 57.7 Å². The standard InChI is InChI=1S/C20H31FN4O/c1-22-12-8-19(16-22)23(2)13-9-20(26)25-11-3-10-24(14-15-25)18-6-4-17(21)5-7-18/h4-7,19H,3,8-16H2,1-2H3/t19-/m0/s1. The number of rotatable bonds is 5. The lowest BCUT2D eigenvalue weighted by atomic mass is 10.2. The molecule has 1 aromatic rings. The summed E-state index contributed by atoms with van der Waals surface area (Å²) in [5.41, 5.74) is 1.03. The molecule has 26 heavy (non-hydrogen) atoms. The van der Waals surface area contributed by atoms with Crippen molar-refractivity contribution in [2.45, 2.75) is 25.3 Å². The Morgan fingerprint density at radius 2 is 1.92 bits per heavy atom. The zero-order valence-corrected chi connectivity index (χ0v) is 16.0. The fraction of sp³-hybridized carbons (Fsp3) is 0.650. The van der Waals surface area contributed by atoms with Crippen LogP contribution in [0.15, 0.2) is 24.3 Å². The second kappa shape index (κ2) is 8.82. The van der Waals surface area contributed by atoms with Crippen LogP contribution < -0.4 is 4.90 Å². The molecule has 0 bridgehead atoms. The van der Waals surface area contributed by atoms with Crippen molar-refractivity contribution in [2.24, 2.45) is 0 Å². The molecule has 1 aromatic carbocycles. The van der Waals surface area contributed by atoms with Crippen molar-refractivity contribution in [3.63, 3.8) is 0 Å². The van der Waals surface area contributed by atoms with Gasteiger partial charge < -0.3 is 19.6 Å². The van der Waals surface area contributed by atoms with E-state index in [1.54, 1.807) is 0 Å². The number of likely N-dealkylation sites (N-methyl/N-ethyl adjacent to an activating group) is 2. The number of benzene rings is 1. The molecule has 2 heterocycles. The lowest BCUT2D eigenvalue weighted by Gasteiger charge is -2.26. The topological polar surface area (TPSA) is 30.0 Å². The van der Waals surface area contributed by atoms with Gasteiger partial charge in [0.15, 0.2) is 0 Å². The number of amides is 1. The van der Waals surface area contributed by atoms with Crippen LogP contribution in [-0.4, -0.2) is 86.6 Å². The molecule has 0 N–H and O–H groups in total. The summed E-state index contributed by atoms with van der Waals surface area (Å²) in [6, 6.07) is 7.21. The van der Waals surface area contributed by atoms with Gasteiger partial charge in [-0.15, -0.1) is 0 Å². The van der Waals surface area contributed by atoms with Crippen molar-refractivity contribution in [3.8, 4) is 0 Å². The molecule has 1 amide bonds. The maximum absolute atomic E-state index is 13.1. The molecule has 2 aliphatic heterocycles. The number of nitrogens with zero attached hydrogens (tertiary/aromatic N) is 4. The van der Waals surface area contributed by atoms with E-state index in [1.807, 2.05) is 17.0 Å². The first-order chi connectivity index (χ1) is 12.5. The Labute approximate surface area is 156 Å². The van der Waals surface area contributed by atoms with Crippen molar-refractivity contribution in [1.82, 2.24) is 14.7 Å². The predicted molar refractivity (Wildman–Crippen MR) is 103 cm³/mol. The highest BCUT2D eigenvalue weighted by Crippen LogP contribution is 2.18. The molecule has 2 fully saturated rings. The van der Waals surface area contributed by atoms with Gasteiger partial charge in [0, 0.05) is 57.4 Å². The Bertz CT molecular complexity index is 594. The molecule has 1 atom stereocenters. The zero-order valence-electron chi connectivity index (χ0n) is 16.0. The molecule has 0 spiro atoms. The zero-order chi connectivity index (χ0) is 18.5. The van der Waals surface area contributed by atoms with Crippen LogP contribution in [0.5, 0.6) is 0 Å². The average Bonchev–Trinajstić information content (AvgIpc) is 2.92. The highest BCUT2D eigenvalue weighted by atomic mass is 19.1. The summed E-state index contributed by atoms with van der Waals surface area (Å²) >= 11 is 0. The molecule has 5 nitrogen and oxygen atoms in total. The second-order valence-corrected chi connectivity index (χ2v) is 7.63. The Kier molecular flexibility index (Phi) is 6.48. The molecule has 0 aliphatic carbocycles. The molecular weight excluding hydrogens is 331 g/mol. The predicted octanol–water partition coefficient (Wildman–Crippen LogP) is 1.89. The van der Waals surface area contributed by atoms with Crippen LogP contribution in [0.2, 0.25) is 0 Å². The third kappa shape index (κ3) is 4.95. The van der Waals surface area contributed by atoms with Crippen LogP contribution in [0.25, 0.3) is 0 Å². The van der Waals surface area contributed by atoms with Crippen molar-refractivity contribution >= 4 is 11.6 Å². The fourth-order valence-electron chi connectivity index (χ4n) is 3.96. The summed E-state index contributed by atoms with van der Waals surface area (Å²) in [6.07, 6.45) is 2.73. The normalized spacial score (nSPS) is 22.1. The van der Waals surface area contributed by atoms with E-state index in [0.717, 1.165) is 57.9 Å². The molecule has 0 unspecified atom stereocenters. The van der Waals surface area contributed by atoms with Crippen LogP contribution in [-0.2, 0) is 4.79 Å². The van der Waals surface area contributed by atoms with Crippen molar-refractivity contribution in [3.05, 3.63) is 30.1 Å². The lowest BCUT2D eigenvalue weighted by Crippen LogP contribution is -2.39. The van der Waals surface area contributed by atoms with Crippen molar-refractivity contribution in [1.29, 1.82) is 0 Å². The van der Waals surface area contributed by atoms with Gasteiger partial charge in [-0.25, -0.2) is 4.39 Å². The third-order valence-corrected chi connectivity index (χ3v) is 5.71. The summed E-state index contributed by atoms with van der Waals surface area (Å²) in [4.78, 5) is 21.6. The SMILES string of the molecule is CN1CC[C@H](N(C)CCC(=O)N2CCCN(c3ccc(F)cc3)CC2)C1. The quantitative estimate of drug-likeness (QED) is 0.800. The Morgan fingerprint density at radius 1 is 1.15 bits per heavy atom. The number of likely N-dealkylation sites (tertiary alicyclic amines) is 1. The maximum atomic E-state index is 13.1. The molecular formula is C20H31FN4O. The van der Waals surface area contributed by atoms with Gasteiger partial charge in [0.05, 0.1) is 0 Å². The maximum Gasteiger partial charge on any atom is 0.223 e. The van der Waals surface area contributed by atoms with Crippen LogP contribution in [0, 0.1) is 5.82 Å². The van der Waals surface area contributed by atoms with Crippen LogP contribution in [0.4, 0.5) is 10.1 Å². The third-order valence-electron chi connectivity index (χ3n) is 5.71. The van der Waals surface area contributed by atoms with E-state index in [2.05, 4.69) is 28.8 Å². The lowest BCUT2D eigenvalue weighted by molar-refractivity contribution is -0.131. The molecule has 3 rings (SSSR count). The molecule has 2 aliphatic rings. The van der Waals surface area contributed by atoms with E-state index in [0.29, 0.717) is 12.5 Å². The molecule has 2 saturated heterocycles. The molecule has 0 radical (unpaired) electrons. The van der Waals surface area contributed by atoms with Crippen LogP contribution in [0.1, 0.15) is 19.3 Å². The average molecular weight is 362 g/mol. The highest BCUT2D eigenvalue weighted by Gasteiger charge is 2.24. The van der Waals surface area contributed by atoms with E-state index in [-0.39, 0.29) is 11.7 Å². The van der Waals surface area contributed by atoms with E-state index in [1.165, 1.54) is 18.6 Å². The summed E-state index contributed by atoms with van der Waals surface area (Å²) in [7, 11) is 4.29. The number of halogens is 1. The number of hydrogen-bond acceptors (Lipinski definition) is 4. The van der Waals surface area contributed by atoms with Gasteiger partial charge >= 0.3 is 0 Å². The smallest absolute Gasteiger partial charge is 0.223 e. The van der Waals surface area contributed by atoms with Crippen molar-refractivity contribution in [2.75, 3.05) is 64.8 Å². The molecule has 6 heteroatoms. The number of anilines is 1. The van der Waals surface area contributed by atoms with Gasteiger partial charge in [0.2, 0.25) is 5.91 Å².